The van der Waals surface area contributed by atoms with E-state index in [-0.39, 0.29) is 0 Å². The molecule has 1 fully saturated rings. The SMILES string of the molecule is CCC[CH2][Sn](/[CH]=C/CN1CCC(COc2nc3scc(C)c3n3cccc23)CC1)([CH2]CCC)[CH2]CCC. The van der Waals surface area contributed by atoms with Crippen molar-refractivity contribution in [3.63, 3.8) is 0 Å². The average Bonchev–Trinajstić information content (AvgIpc) is 3.55. The van der Waals surface area contributed by atoms with Crippen LogP contribution in [0, 0.1) is 12.8 Å². The summed E-state index contributed by atoms with van der Waals surface area (Å²) in [5.74, 6) is 1.41. The Morgan fingerprint density at radius 2 is 1.73 bits per heavy atom. The Bertz CT molecular complexity index is 1110. The summed E-state index contributed by atoms with van der Waals surface area (Å²) in [6.45, 7) is 13.6. The van der Waals surface area contributed by atoms with Crippen LogP contribution in [0.2, 0.25) is 13.3 Å². The molecule has 3 aromatic heterocycles. The van der Waals surface area contributed by atoms with Crippen molar-refractivity contribution in [2.24, 2.45) is 5.92 Å². The molecule has 0 bridgehead atoms. The second-order valence-electron chi connectivity index (χ2n) is 11.4. The molecule has 3 aromatic rings. The molecule has 0 aromatic carbocycles. The van der Waals surface area contributed by atoms with E-state index in [0.717, 1.165) is 29.4 Å². The Hall–Kier alpha value is -1.05. The first-order valence-corrected chi connectivity index (χ1v) is 23.5. The molecule has 0 aliphatic carbocycles. The summed E-state index contributed by atoms with van der Waals surface area (Å²) in [5.41, 5.74) is 3.58. The molecule has 4 rings (SSSR count). The van der Waals surface area contributed by atoms with Gasteiger partial charge in [0.25, 0.3) is 0 Å². The van der Waals surface area contributed by atoms with Crippen molar-refractivity contribution in [2.75, 3.05) is 26.2 Å². The van der Waals surface area contributed by atoms with Crippen molar-refractivity contribution >= 4 is 45.6 Å². The molecule has 37 heavy (non-hydrogen) atoms. The molecule has 4 nitrogen and oxygen atoms in total. The molecule has 0 atom stereocenters. The van der Waals surface area contributed by atoms with Gasteiger partial charge in [-0.2, -0.15) is 0 Å². The molecule has 4 heterocycles. The van der Waals surface area contributed by atoms with E-state index in [1.165, 1.54) is 75.5 Å². The number of hydrogen-bond acceptors (Lipinski definition) is 4. The third-order valence-corrected chi connectivity index (χ3v) is 23.6. The number of likely N-dealkylation sites (tertiary alicyclic amines) is 1. The number of unbranched alkanes of at least 4 members (excludes halogenated alkanes) is 3. The van der Waals surface area contributed by atoms with Crippen LogP contribution in [0.3, 0.4) is 0 Å². The van der Waals surface area contributed by atoms with Crippen molar-refractivity contribution < 1.29 is 4.74 Å². The fraction of sp³-hybridized carbons (Fsp3) is 0.645. The Morgan fingerprint density at radius 3 is 2.38 bits per heavy atom. The van der Waals surface area contributed by atoms with Crippen molar-refractivity contribution in [3.05, 3.63) is 39.4 Å². The van der Waals surface area contributed by atoms with Crippen molar-refractivity contribution in [2.45, 2.75) is 92.4 Å². The number of ether oxygens (including phenoxy) is 1. The minimum absolute atomic E-state index is 0.620. The molecule has 0 N–H and O–H groups in total. The van der Waals surface area contributed by atoms with Crippen molar-refractivity contribution in [3.8, 4) is 5.88 Å². The van der Waals surface area contributed by atoms with Gasteiger partial charge in [0.15, 0.2) is 0 Å². The fourth-order valence-electron chi connectivity index (χ4n) is 6.00. The molecule has 0 saturated carbocycles. The third-order valence-electron chi connectivity index (χ3n) is 8.42. The maximum absolute atomic E-state index is 6.36. The van der Waals surface area contributed by atoms with Crippen molar-refractivity contribution in [1.29, 1.82) is 0 Å². The summed E-state index contributed by atoms with van der Waals surface area (Å²) in [6, 6.07) is 4.22. The van der Waals surface area contributed by atoms with E-state index in [1.54, 1.807) is 24.6 Å². The van der Waals surface area contributed by atoms with Gasteiger partial charge in [0.1, 0.15) is 0 Å². The molecular weight excluding hydrogens is 581 g/mol. The first-order chi connectivity index (χ1) is 18.1. The van der Waals surface area contributed by atoms with Crippen LogP contribution in [-0.2, 0) is 0 Å². The van der Waals surface area contributed by atoms with Gasteiger partial charge in [-0.15, -0.1) is 11.3 Å². The van der Waals surface area contributed by atoms with Crippen LogP contribution >= 0.6 is 11.3 Å². The van der Waals surface area contributed by atoms with Crippen LogP contribution in [0.5, 0.6) is 5.88 Å². The van der Waals surface area contributed by atoms with Crippen LogP contribution in [-0.4, -0.2) is 58.9 Å². The zero-order chi connectivity index (χ0) is 26.1. The van der Waals surface area contributed by atoms with Crippen LogP contribution < -0.4 is 4.74 Å². The minimum atomic E-state index is -2.15. The summed E-state index contributed by atoms with van der Waals surface area (Å²) in [5, 5.41) is 2.19. The molecule has 0 unspecified atom stereocenters. The van der Waals surface area contributed by atoms with Gasteiger partial charge in [-0.05, 0) is 23.9 Å². The zero-order valence-electron chi connectivity index (χ0n) is 23.8. The number of piperidine rings is 1. The monoisotopic (exact) mass is 631 g/mol. The second kappa shape index (κ2) is 14.4. The number of rotatable bonds is 15. The average molecular weight is 631 g/mol. The predicted octanol–water partition coefficient (Wildman–Crippen LogP) is 8.89. The summed E-state index contributed by atoms with van der Waals surface area (Å²) < 4.78 is 16.2. The predicted molar refractivity (Wildman–Crippen MR) is 164 cm³/mol. The Kier molecular flexibility index (Phi) is 11.2. The first kappa shape index (κ1) is 28.9. The summed E-state index contributed by atoms with van der Waals surface area (Å²) >= 11 is -0.439. The van der Waals surface area contributed by atoms with Gasteiger partial charge in [-0.3, -0.25) is 0 Å². The molecule has 1 saturated heterocycles. The van der Waals surface area contributed by atoms with Gasteiger partial charge >= 0.3 is 187 Å². The van der Waals surface area contributed by atoms with E-state index >= 15 is 0 Å². The number of fused-ring (bicyclic) bond motifs is 3. The number of hydrogen-bond donors (Lipinski definition) is 0. The van der Waals surface area contributed by atoms with Gasteiger partial charge in [-0.1, -0.05) is 0 Å². The third kappa shape index (κ3) is 7.54. The molecule has 204 valence electrons. The van der Waals surface area contributed by atoms with E-state index in [2.05, 4.69) is 70.9 Å². The van der Waals surface area contributed by atoms with Crippen LogP contribution in [0.25, 0.3) is 15.9 Å². The van der Waals surface area contributed by atoms with Crippen molar-refractivity contribution in [1.82, 2.24) is 14.3 Å². The molecule has 0 spiro atoms. The standard InChI is InChI=1S/C19H22N3OS.3C4H9.Sn/c1-3-8-21-10-6-15(7-11-21)12-23-18-16-5-4-9-22(16)17-14(2)13-24-19(17)20-18;3*1-3-4-2;/h1,3-5,9,13,15H,6-8,10-12H2,2H3;3*1,3-4H2,2H3;. The number of aromatic nitrogens is 2. The van der Waals surface area contributed by atoms with Gasteiger partial charge < -0.3 is 0 Å². The number of aryl methyl sites for hydroxylation is 1. The topological polar surface area (TPSA) is 29.8 Å². The maximum atomic E-state index is 6.36. The quantitative estimate of drug-likeness (QED) is 0.157. The first-order valence-electron chi connectivity index (χ1n) is 15.0. The van der Waals surface area contributed by atoms with Gasteiger partial charge in [0.2, 0.25) is 0 Å². The molecule has 1 aliphatic rings. The normalized spacial score (nSPS) is 16.0. The van der Waals surface area contributed by atoms with E-state index in [0.29, 0.717) is 5.92 Å². The fourth-order valence-corrected chi connectivity index (χ4v) is 21.3. The van der Waals surface area contributed by atoms with Gasteiger partial charge in [0, 0.05) is 6.20 Å². The molecule has 6 heteroatoms. The van der Waals surface area contributed by atoms with Crippen LogP contribution in [0.1, 0.15) is 77.7 Å². The van der Waals surface area contributed by atoms with E-state index in [4.69, 9.17) is 9.72 Å². The van der Waals surface area contributed by atoms with E-state index in [9.17, 15) is 0 Å². The molecule has 1 aliphatic heterocycles. The Labute approximate surface area is 233 Å². The Morgan fingerprint density at radius 1 is 1.05 bits per heavy atom. The Balaban J connectivity index is 1.29. The number of nitrogens with zero attached hydrogens (tertiary/aromatic N) is 3. The molecular formula is C31H49N3OSSn. The van der Waals surface area contributed by atoms with E-state index < -0.39 is 18.4 Å². The van der Waals surface area contributed by atoms with Crippen LogP contribution in [0.15, 0.2) is 33.9 Å². The van der Waals surface area contributed by atoms with Gasteiger partial charge in [-0.25, -0.2) is 0 Å². The molecule has 0 radical (unpaired) electrons. The summed E-state index contributed by atoms with van der Waals surface area (Å²) in [4.78, 5) is 8.62. The molecule has 0 amide bonds. The number of thiophene rings is 1. The van der Waals surface area contributed by atoms with Gasteiger partial charge in [0.05, 0.1) is 5.52 Å². The second-order valence-corrected chi connectivity index (χ2v) is 25.3. The van der Waals surface area contributed by atoms with Crippen LogP contribution in [0.4, 0.5) is 0 Å². The summed E-state index contributed by atoms with van der Waals surface area (Å²) in [6.07, 6.45) is 15.6. The summed E-state index contributed by atoms with van der Waals surface area (Å²) in [7, 11) is 0. The van der Waals surface area contributed by atoms with E-state index in [1.807, 2.05) is 0 Å². The zero-order valence-corrected chi connectivity index (χ0v) is 27.5.